The molecule has 92 valence electrons. The number of rotatable bonds is 5. The van der Waals surface area contributed by atoms with Crippen LogP contribution >= 0.6 is 23.7 Å². The van der Waals surface area contributed by atoms with Crippen LogP contribution in [-0.4, -0.2) is 16.7 Å². The SMILES string of the molecule is Cl.c1csc(-c2[nH]ncc2CNCC2CC2)c1. The predicted molar refractivity (Wildman–Crippen MR) is 73.6 cm³/mol. The van der Waals surface area contributed by atoms with Gasteiger partial charge in [-0.1, -0.05) is 6.07 Å². The number of hydrogen-bond donors (Lipinski definition) is 2. The first-order valence-electron chi connectivity index (χ1n) is 5.70. The lowest BCUT2D eigenvalue weighted by atomic mass is 10.2. The summed E-state index contributed by atoms with van der Waals surface area (Å²) in [6.07, 6.45) is 4.72. The van der Waals surface area contributed by atoms with E-state index in [4.69, 9.17) is 0 Å². The largest absolute Gasteiger partial charge is 0.312 e. The fourth-order valence-corrected chi connectivity index (χ4v) is 2.57. The third-order valence-corrected chi connectivity index (χ3v) is 3.82. The molecule has 0 spiro atoms. The molecule has 0 saturated heterocycles. The lowest BCUT2D eigenvalue weighted by Gasteiger charge is -2.03. The smallest absolute Gasteiger partial charge is 0.0794 e. The zero-order chi connectivity index (χ0) is 10.8. The lowest BCUT2D eigenvalue weighted by Crippen LogP contribution is -2.16. The predicted octanol–water partition coefficient (Wildman–Crippen LogP) is 3.06. The summed E-state index contributed by atoms with van der Waals surface area (Å²) in [6.45, 7) is 2.06. The van der Waals surface area contributed by atoms with Crippen molar-refractivity contribution in [2.75, 3.05) is 6.54 Å². The molecule has 2 aromatic rings. The van der Waals surface area contributed by atoms with Gasteiger partial charge >= 0.3 is 0 Å². The highest BCUT2D eigenvalue weighted by Crippen LogP contribution is 2.28. The first-order chi connectivity index (χ1) is 7.93. The number of aromatic nitrogens is 2. The van der Waals surface area contributed by atoms with Gasteiger partial charge in [-0.25, -0.2) is 0 Å². The van der Waals surface area contributed by atoms with E-state index in [2.05, 4.69) is 33.0 Å². The van der Waals surface area contributed by atoms with Crippen LogP contribution in [0.4, 0.5) is 0 Å². The van der Waals surface area contributed by atoms with Gasteiger partial charge in [-0.05, 0) is 36.8 Å². The molecule has 1 aliphatic rings. The zero-order valence-corrected chi connectivity index (χ0v) is 11.1. The molecule has 0 atom stereocenters. The van der Waals surface area contributed by atoms with Crippen LogP contribution in [0.25, 0.3) is 10.6 Å². The maximum Gasteiger partial charge on any atom is 0.0794 e. The average Bonchev–Trinajstić information content (AvgIpc) is 2.82. The Balaban J connectivity index is 0.00000108. The monoisotopic (exact) mass is 269 g/mol. The Kier molecular flexibility index (Phi) is 4.20. The van der Waals surface area contributed by atoms with Crippen LogP contribution in [0.1, 0.15) is 18.4 Å². The van der Waals surface area contributed by atoms with Gasteiger partial charge in [-0.15, -0.1) is 23.7 Å². The first kappa shape index (κ1) is 12.6. The maximum absolute atomic E-state index is 4.13. The number of nitrogens with zero attached hydrogens (tertiary/aromatic N) is 1. The third kappa shape index (κ3) is 3.09. The Morgan fingerprint density at radius 1 is 1.47 bits per heavy atom. The van der Waals surface area contributed by atoms with Crippen molar-refractivity contribution in [3.63, 3.8) is 0 Å². The minimum atomic E-state index is 0. The van der Waals surface area contributed by atoms with Crippen molar-refractivity contribution in [3.8, 4) is 10.6 Å². The van der Waals surface area contributed by atoms with Crippen molar-refractivity contribution in [2.24, 2.45) is 5.92 Å². The third-order valence-electron chi connectivity index (χ3n) is 2.93. The average molecular weight is 270 g/mol. The maximum atomic E-state index is 4.13. The molecule has 17 heavy (non-hydrogen) atoms. The van der Waals surface area contributed by atoms with Gasteiger partial charge < -0.3 is 5.32 Å². The molecule has 1 aliphatic carbocycles. The van der Waals surface area contributed by atoms with Crippen LogP contribution in [0, 0.1) is 5.92 Å². The van der Waals surface area contributed by atoms with E-state index in [0.717, 1.165) is 19.0 Å². The molecule has 5 heteroatoms. The number of nitrogens with one attached hydrogen (secondary N) is 2. The van der Waals surface area contributed by atoms with Gasteiger partial charge in [0.1, 0.15) is 0 Å². The van der Waals surface area contributed by atoms with Gasteiger partial charge in [0.25, 0.3) is 0 Å². The molecule has 0 bridgehead atoms. The number of H-pyrrole nitrogens is 1. The highest BCUT2D eigenvalue weighted by atomic mass is 35.5. The van der Waals surface area contributed by atoms with Gasteiger partial charge in [0.05, 0.1) is 16.8 Å². The summed E-state index contributed by atoms with van der Waals surface area (Å²) >= 11 is 1.75. The lowest BCUT2D eigenvalue weighted by molar-refractivity contribution is 0.639. The minimum absolute atomic E-state index is 0. The van der Waals surface area contributed by atoms with E-state index in [9.17, 15) is 0 Å². The van der Waals surface area contributed by atoms with Gasteiger partial charge in [0.15, 0.2) is 0 Å². The van der Waals surface area contributed by atoms with E-state index in [1.165, 1.54) is 29.0 Å². The first-order valence-corrected chi connectivity index (χ1v) is 6.58. The fraction of sp³-hybridized carbons (Fsp3) is 0.417. The molecular formula is C12H16ClN3S. The quantitative estimate of drug-likeness (QED) is 0.876. The Morgan fingerprint density at radius 3 is 3.06 bits per heavy atom. The van der Waals surface area contributed by atoms with Crippen LogP contribution in [0.5, 0.6) is 0 Å². The summed E-state index contributed by atoms with van der Waals surface area (Å²) in [5.74, 6) is 0.928. The van der Waals surface area contributed by atoms with E-state index in [0.29, 0.717) is 0 Å². The molecular weight excluding hydrogens is 254 g/mol. The molecule has 3 rings (SSSR count). The van der Waals surface area contributed by atoms with E-state index in [-0.39, 0.29) is 12.4 Å². The summed E-state index contributed by atoms with van der Waals surface area (Å²) in [7, 11) is 0. The minimum Gasteiger partial charge on any atom is -0.312 e. The molecule has 0 radical (unpaired) electrons. The number of halogens is 1. The molecule has 1 saturated carbocycles. The van der Waals surface area contributed by atoms with Gasteiger partial charge in [0.2, 0.25) is 0 Å². The molecule has 2 N–H and O–H groups in total. The second-order valence-electron chi connectivity index (χ2n) is 4.32. The van der Waals surface area contributed by atoms with Gasteiger partial charge in [-0.2, -0.15) is 5.10 Å². The molecule has 0 unspecified atom stereocenters. The summed E-state index contributed by atoms with van der Waals surface area (Å²) < 4.78 is 0. The zero-order valence-electron chi connectivity index (χ0n) is 9.48. The van der Waals surface area contributed by atoms with Crippen LogP contribution in [0.2, 0.25) is 0 Å². The van der Waals surface area contributed by atoms with Gasteiger partial charge in [0, 0.05) is 12.1 Å². The van der Waals surface area contributed by atoms with E-state index < -0.39 is 0 Å². The summed E-state index contributed by atoms with van der Waals surface area (Å²) in [5.41, 5.74) is 2.43. The molecule has 0 aliphatic heterocycles. The molecule has 2 heterocycles. The Bertz CT molecular complexity index is 448. The topological polar surface area (TPSA) is 40.7 Å². The van der Waals surface area contributed by atoms with Crippen LogP contribution in [-0.2, 0) is 6.54 Å². The highest BCUT2D eigenvalue weighted by molar-refractivity contribution is 7.13. The molecule has 3 nitrogen and oxygen atoms in total. The Labute approximate surface area is 111 Å². The molecule has 0 amide bonds. The second kappa shape index (κ2) is 5.67. The Hall–Kier alpha value is -0.840. The molecule has 2 aromatic heterocycles. The van der Waals surface area contributed by atoms with Crippen LogP contribution in [0.3, 0.4) is 0 Å². The number of thiophene rings is 1. The molecule has 1 fully saturated rings. The molecule has 0 aromatic carbocycles. The highest BCUT2D eigenvalue weighted by Gasteiger charge is 2.20. The standard InChI is InChI=1S/C12H15N3S.ClH/c1-2-11(16-5-1)12-10(8-14-15-12)7-13-6-9-3-4-9;/h1-2,5,8-9,13H,3-4,6-7H2,(H,14,15);1H. The van der Waals surface area contributed by atoms with Crippen molar-refractivity contribution >= 4 is 23.7 Å². The van der Waals surface area contributed by atoms with Crippen molar-refractivity contribution in [1.82, 2.24) is 15.5 Å². The second-order valence-corrected chi connectivity index (χ2v) is 5.27. The summed E-state index contributed by atoms with van der Waals surface area (Å²) in [6, 6.07) is 4.20. The fourth-order valence-electron chi connectivity index (χ4n) is 1.81. The van der Waals surface area contributed by atoms with E-state index in [1.54, 1.807) is 11.3 Å². The summed E-state index contributed by atoms with van der Waals surface area (Å²) in [5, 5.41) is 12.8. The van der Waals surface area contributed by atoms with E-state index >= 15 is 0 Å². The van der Waals surface area contributed by atoms with Crippen molar-refractivity contribution in [2.45, 2.75) is 19.4 Å². The van der Waals surface area contributed by atoms with Gasteiger partial charge in [-0.3, -0.25) is 5.10 Å². The summed E-state index contributed by atoms with van der Waals surface area (Å²) in [4.78, 5) is 1.26. The van der Waals surface area contributed by atoms with E-state index in [1.807, 2.05) is 6.20 Å². The van der Waals surface area contributed by atoms with Crippen LogP contribution in [0.15, 0.2) is 23.7 Å². The normalized spacial score (nSPS) is 14.6. The van der Waals surface area contributed by atoms with Crippen molar-refractivity contribution in [3.05, 3.63) is 29.3 Å². The van der Waals surface area contributed by atoms with Crippen LogP contribution < -0.4 is 5.32 Å². The van der Waals surface area contributed by atoms with Crippen molar-refractivity contribution in [1.29, 1.82) is 0 Å². The number of hydrogen-bond acceptors (Lipinski definition) is 3. The Morgan fingerprint density at radius 2 is 2.35 bits per heavy atom. The van der Waals surface area contributed by atoms with Crippen molar-refractivity contribution < 1.29 is 0 Å². The number of aromatic amines is 1.